The van der Waals surface area contributed by atoms with Crippen molar-refractivity contribution in [2.45, 2.75) is 31.2 Å². The number of hydrogen-bond donors (Lipinski definition) is 2. The fourth-order valence-corrected chi connectivity index (χ4v) is 3.39. The topological polar surface area (TPSA) is 69.8 Å². The molecule has 5 nitrogen and oxygen atoms in total. The van der Waals surface area contributed by atoms with Crippen molar-refractivity contribution in [3.05, 3.63) is 22.2 Å². The third-order valence-electron chi connectivity index (χ3n) is 2.88. The van der Waals surface area contributed by atoms with E-state index in [1.807, 2.05) is 19.1 Å². The maximum atomic E-state index is 11.7. The number of rotatable bonds is 2. The molecule has 3 N–H and O–H groups in total. The van der Waals surface area contributed by atoms with Gasteiger partial charge in [-0.25, -0.2) is 5.84 Å². The fourth-order valence-electron chi connectivity index (χ4n) is 2.27. The van der Waals surface area contributed by atoms with Crippen molar-refractivity contribution >= 4 is 39.5 Å². The lowest BCUT2D eigenvalue weighted by Crippen LogP contribution is -2.33. The lowest BCUT2D eigenvalue weighted by Gasteiger charge is -2.21. The largest absolute Gasteiger partial charge is 0.309 e. The van der Waals surface area contributed by atoms with Crippen molar-refractivity contribution in [2.24, 2.45) is 5.84 Å². The van der Waals surface area contributed by atoms with Gasteiger partial charge in [0.1, 0.15) is 0 Å². The second-order valence-corrected chi connectivity index (χ2v) is 6.10. The third-order valence-corrected chi connectivity index (χ3v) is 4.52. The molecule has 0 saturated carbocycles. The van der Waals surface area contributed by atoms with Crippen LogP contribution in [0.2, 0.25) is 0 Å². The fraction of sp³-hybridized carbons (Fsp3) is 0.364. The van der Waals surface area contributed by atoms with Crippen molar-refractivity contribution < 1.29 is 10.0 Å². The predicted molar refractivity (Wildman–Crippen MR) is 74.1 cm³/mol. The first-order chi connectivity index (χ1) is 8.40. The van der Waals surface area contributed by atoms with E-state index in [4.69, 9.17) is 11.0 Å². The first kappa shape index (κ1) is 13.8. The van der Waals surface area contributed by atoms with Crippen LogP contribution in [0.1, 0.15) is 19.4 Å². The summed E-state index contributed by atoms with van der Waals surface area (Å²) in [5.74, 6) is 5.23. The first-order valence-electron chi connectivity index (χ1n) is 5.44. The van der Waals surface area contributed by atoms with Crippen LogP contribution < -0.4 is 10.7 Å². The van der Waals surface area contributed by atoms with Crippen LogP contribution in [-0.4, -0.2) is 21.7 Å². The summed E-state index contributed by atoms with van der Waals surface area (Å²) in [6.45, 7) is 3.57. The minimum Gasteiger partial charge on any atom is -0.309 e. The van der Waals surface area contributed by atoms with E-state index in [0.717, 1.165) is 39.0 Å². The van der Waals surface area contributed by atoms with Crippen LogP contribution in [0.4, 0.5) is 5.69 Å². The van der Waals surface area contributed by atoms with E-state index in [9.17, 15) is 4.79 Å². The van der Waals surface area contributed by atoms with Gasteiger partial charge in [0, 0.05) is 40.0 Å². The average molecular weight is 332 g/mol. The Morgan fingerprint density at radius 3 is 2.89 bits per heavy atom. The van der Waals surface area contributed by atoms with Crippen LogP contribution in [0.25, 0.3) is 0 Å². The Morgan fingerprint density at radius 1 is 1.67 bits per heavy atom. The van der Waals surface area contributed by atoms with Gasteiger partial charge in [-0.3, -0.25) is 10.0 Å². The summed E-state index contributed by atoms with van der Waals surface area (Å²) >= 11 is 4.43. The Hall–Kier alpha value is -0.600. The number of amides is 1. The van der Waals surface area contributed by atoms with Crippen molar-refractivity contribution in [3.63, 3.8) is 0 Å². The maximum absolute atomic E-state index is 11.7. The number of anilines is 1. The molecule has 1 unspecified atom stereocenters. The highest BCUT2D eigenvalue weighted by atomic mass is 79.9. The molecule has 1 heterocycles. The van der Waals surface area contributed by atoms with Gasteiger partial charge in [0.15, 0.2) is 0 Å². The van der Waals surface area contributed by atoms with Crippen molar-refractivity contribution in [1.29, 1.82) is 0 Å². The summed E-state index contributed by atoms with van der Waals surface area (Å²) in [6, 6.07) is 4.00. The van der Waals surface area contributed by atoms with E-state index in [1.54, 1.807) is 11.8 Å². The summed E-state index contributed by atoms with van der Waals surface area (Å²) in [5.41, 5.74) is 2.01. The highest BCUT2D eigenvalue weighted by molar-refractivity contribution is 9.10. The summed E-state index contributed by atoms with van der Waals surface area (Å²) in [5, 5.41) is 9.08. The van der Waals surface area contributed by atoms with Gasteiger partial charge >= 0.3 is 0 Å². The summed E-state index contributed by atoms with van der Waals surface area (Å²) in [7, 11) is 0. The lowest BCUT2D eigenvalue weighted by atomic mass is 10.1. The first-order valence-corrected chi connectivity index (χ1v) is 7.00. The molecule has 0 saturated heterocycles. The Morgan fingerprint density at radius 2 is 2.33 bits per heavy atom. The molecule has 0 aromatic heterocycles. The number of fused-ring (bicyclic) bond motifs is 1. The number of nitrogens with two attached hydrogens (primary N) is 1. The summed E-state index contributed by atoms with van der Waals surface area (Å²) in [6.07, 6.45) is 0.837. The van der Waals surface area contributed by atoms with Crippen LogP contribution in [0.15, 0.2) is 21.5 Å². The lowest BCUT2D eigenvalue weighted by molar-refractivity contribution is -0.116. The standard InChI is InChI=1S/C11H14BrN3O2S/c1-6-3-8-4-9(12)11(18-15(13)17)5-10(8)14(6)7(2)16/h4-6,17H,3,13H2,1-2H3. The van der Waals surface area contributed by atoms with Crippen LogP contribution in [0, 0.1) is 0 Å². The minimum atomic E-state index is 0.0214. The Labute approximate surface area is 118 Å². The van der Waals surface area contributed by atoms with Crippen molar-refractivity contribution in [1.82, 2.24) is 4.58 Å². The molecule has 2 rings (SSSR count). The predicted octanol–water partition coefficient (Wildman–Crippen LogP) is 2.32. The molecular formula is C11H14BrN3O2S. The van der Waals surface area contributed by atoms with Crippen molar-refractivity contribution in [2.75, 3.05) is 4.90 Å². The molecule has 1 aromatic rings. The molecule has 0 aliphatic carbocycles. The number of hydrazine groups is 1. The SMILES string of the molecule is CC(=O)N1c2cc(SN(N)O)c(Br)cc2CC1C. The normalized spacial score (nSPS) is 18.3. The van der Waals surface area contributed by atoms with Gasteiger partial charge in [0.25, 0.3) is 0 Å². The van der Waals surface area contributed by atoms with Gasteiger partial charge in [0.2, 0.25) is 5.91 Å². The van der Waals surface area contributed by atoms with E-state index >= 15 is 0 Å². The van der Waals surface area contributed by atoms with Gasteiger partial charge in [-0.2, -0.15) is 0 Å². The molecular weight excluding hydrogens is 318 g/mol. The second-order valence-electron chi connectivity index (χ2n) is 4.25. The number of carbonyl (C=O) groups excluding carboxylic acids is 1. The van der Waals surface area contributed by atoms with Gasteiger partial charge < -0.3 is 4.90 Å². The molecule has 18 heavy (non-hydrogen) atoms. The van der Waals surface area contributed by atoms with Crippen LogP contribution in [-0.2, 0) is 11.2 Å². The van der Waals surface area contributed by atoms with E-state index in [-0.39, 0.29) is 11.9 Å². The highest BCUT2D eigenvalue weighted by Crippen LogP contribution is 2.39. The van der Waals surface area contributed by atoms with Gasteiger partial charge in [-0.15, -0.1) is 0 Å². The highest BCUT2D eigenvalue weighted by Gasteiger charge is 2.30. The van der Waals surface area contributed by atoms with E-state index in [0.29, 0.717) is 4.58 Å². The Kier molecular flexibility index (Phi) is 3.98. The Balaban J connectivity index is 2.44. The van der Waals surface area contributed by atoms with Gasteiger partial charge in [-0.1, -0.05) is 4.58 Å². The second kappa shape index (κ2) is 5.18. The van der Waals surface area contributed by atoms with Crippen LogP contribution >= 0.6 is 27.9 Å². The zero-order valence-electron chi connectivity index (χ0n) is 10.1. The maximum Gasteiger partial charge on any atom is 0.224 e. The average Bonchev–Trinajstić information content (AvgIpc) is 2.53. The van der Waals surface area contributed by atoms with E-state index in [2.05, 4.69) is 15.9 Å². The zero-order valence-corrected chi connectivity index (χ0v) is 12.5. The molecule has 1 amide bonds. The summed E-state index contributed by atoms with van der Waals surface area (Å²) in [4.78, 5) is 14.2. The molecule has 1 atom stereocenters. The number of halogens is 1. The molecule has 0 radical (unpaired) electrons. The van der Waals surface area contributed by atoms with Gasteiger partial charge in [-0.05, 0) is 47.0 Å². The molecule has 0 bridgehead atoms. The zero-order chi connectivity index (χ0) is 13.4. The van der Waals surface area contributed by atoms with Crippen LogP contribution in [0.5, 0.6) is 0 Å². The quantitative estimate of drug-likeness (QED) is 0.494. The molecule has 1 aromatic carbocycles. The summed E-state index contributed by atoms with van der Waals surface area (Å²) < 4.78 is 1.40. The van der Waals surface area contributed by atoms with E-state index in [1.165, 1.54) is 0 Å². The number of hydrogen-bond acceptors (Lipinski definition) is 5. The minimum absolute atomic E-state index is 0.0214. The molecule has 7 heteroatoms. The molecule has 0 spiro atoms. The van der Waals surface area contributed by atoms with Crippen molar-refractivity contribution in [3.8, 4) is 0 Å². The molecule has 0 fully saturated rings. The molecule has 1 aliphatic heterocycles. The Bertz CT molecular complexity index is 495. The smallest absolute Gasteiger partial charge is 0.224 e. The molecule has 98 valence electrons. The van der Waals surface area contributed by atoms with E-state index < -0.39 is 0 Å². The van der Waals surface area contributed by atoms with Crippen LogP contribution in [0.3, 0.4) is 0 Å². The number of nitrogens with zero attached hydrogens (tertiary/aromatic N) is 2. The monoisotopic (exact) mass is 331 g/mol. The third kappa shape index (κ3) is 2.55. The number of benzene rings is 1. The molecule has 1 aliphatic rings. The number of carbonyl (C=O) groups is 1. The van der Waals surface area contributed by atoms with Gasteiger partial charge in [0.05, 0.1) is 0 Å².